The summed E-state index contributed by atoms with van der Waals surface area (Å²) in [5, 5.41) is 0. The van der Waals surface area contributed by atoms with Crippen LogP contribution in [0.2, 0.25) is 0 Å². The van der Waals surface area contributed by atoms with Crippen LogP contribution in [0.4, 0.5) is 0 Å². The molecular formula is C28H29N3O2. The Labute approximate surface area is 195 Å². The van der Waals surface area contributed by atoms with Gasteiger partial charge in [0.1, 0.15) is 5.76 Å². The Balaban J connectivity index is 1.16. The predicted octanol–water partition coefficient (Wildman–Crippen LogP) is 5.89. The van der Waals surface area contributed by atoms with Gasteiger partial charge in [-0.25, -0.2) is 4.98 Å². The number of oxazole rings is 1. The molecule has 2 aromatic carbocycles. The fraction of sp³-hybridized carbons (Fsp3) is 0.286. The molecule has 1 aliphatic rings. The number of hydrogen-bond acceptors (Lipinski definition) is 5. The van der Waals surface area contributed by atoms with Crippen molar-refractivity contribution in [1.82, 2.24) is 14.9 Å². The Morgan fingerprint density at radius 1 is 0.879 bits per heavy atom. The molecule has 2 aromatic heterocycles. The Kier molecular flexibility index (Phi) is 6.61. The van der Waals surface area contributed by atoms with Gasteiger partial charge in [0.2, 0.25) is 5.89 Å². The molecule has 1 saturated heterocycles. The molecule has 0 saturated carbocycles. The maximum Gasteiger partial charge on any atom is 0.226 e. The molecule has 4 aromatic rings. The molecule has 168 valence electrons. The first-order valence-corrected chi connectivity index (χ1v) is 11.6. The molecule has 0 N–H and O–H groups in total. The average molecular weight is 440 g/mol. The number of piperidine rings is 1. The van der Waals surface area contributed by atoms with Crippen molar-refractivity contribution >= 4 is 0 Å². The van der Waals surface area contributed by atoms with Crippen LogP contribution in [0.15, 0.2) is 83.4 Å². The lowest BCUT2D eigenvalue weighted by Gasteiger charge is -2.31. The molecular weight excluding hydrogens is 410 g/mol. The zero-order chi connectivity index (χ0) is 22.5. The first kappa shape index (κ1) is 21.6. The van der Waals surface area contributed by atoms with Crippen LogP contribution in [0.3, 0.4) is 0 Å². The highest BCUT2D eigenvalue weighted by Gasteiger charge is 2.22. The molecule has 0 aliphatic carbocycles. The quantitative estimate of drug-likeness (QED) is 0.359. The molecule has 0 atom stereocenters. The summed E-state index contributed by atoms with van der Waals surface area (Å²) in [4.78, 5) is 11.6. The van der Waals surface area contributed by atoms with E-state index >= 15 is 0 Å². The van der Waals surface area contributed by atoms with E-state index in [0.29, 0.717) is 18.6 Å². The van der Waals surface area contributed by atoms with Crippen LogP contribution in [-0.4, -0.2) is 34.1 Å². The van der Waals surface area contributed by atoms with Crippen LogP contribution in [-0.2, 0) is 17.9 Å². The van der Waals surface area contributed by atoms with Gasteiger partial charge in [0.05, 0.1) is 24.1 Å². The van der Waals surface area contributed by atoms with E-state index in [2.05, 4.69) is 58.4 Å². The number of benzene rings is 2. The molecule has 5 rings (SSSR count). The number of rotatable bonds is 7. The van der Waals surface area contributed by atoms with E-state index in [0.717, 1.165) is 55.2 Å². The molecule has 1 aliphatic heterocycles. The highest BCUT2D eigenvalue weighted by atomic mass is 16.5. The van der Waals surface area contributed by atoms with Crippen molar-refractivity contribution in [3.63, 3.8) is 0 Å². The van der Waals surface area contributed by atoms with E-state index in [9.17, 15) is 0 Å². The topological polar surface area (TPSA) is 51.4 Å². The van der Waals surface area contributed by atoms with Gasteiger partial charge in [0.15, 0.2) is 0 Å². The molecule has 0 bridgehead atoms. The van der Waals surface area contributed by atoms with E-state index in [4.69, 9.17) is 14.1 Å². The smallest absolute Gasteiger partial charge is 0.226 e. The molecule has 3 heterocycles. The summed E-state index contributed by atoms with van der Waals surface area (Å²) in [6.07, 6.45) is 4.16. The minimum Gasteiger partial charge on any atom is -0.441 e. The second-order valence-corrected chi connectivity index (χ2v) is 8.57. The number of pyridine rings is 1. The van der Waals surface area contributed by atoms with Gasteiger partial charge in [-0.15, -0.1) is 0 Å². The lowest BCUT2D eigenvalue weighted by Crippen LogP contribution is -2.36. The SMILES string of the molecule is Cc1oc(-c2ccc(-c3ccccc3)cc2)nc1CN1CCC(OCc2ccccn2)CC1. The first-order chi connectivity index (χ1) is 16.2. The molecule has 0 amide bonds. The maximum atomic E-state index is 6.07. The van der Waals surface area contributed by atoms with E-state index < -0.39 is 0 Å². The van der Waals surface area contributed by atoms with Crippen molar-refractivity contribution in [1.29, 1.82) is 0 Å². The minimum absolute atomic E-state index is 0.292. The Morgan fingerprint density at radius 2 is 1.58 bits per heavy atom. The van der Waals surface area contributed by atoms with Gasteiger partial charge in [-0.1, -0.05) is 48.5 Å². The van der Waals surface area contributed by atoms with Gasteiger partial charge < -0.3 is 9.15 Å². The Hall–Kier alpha value is -3.28. The maximum absolute atomic E-state index is 6.07. The largest absolute Gasteiger partial charge is 0.441 e. The lowest BCUT2D eigenvalue weighted by atomic mass is 10.0. The molecule has 0 unspecified atom stereocenters. The number of ether oxygens (including phenoxy) is 1. The van der Waals surface area contributed by atoms with E-state index in [1.807, 2.05) is 37.4 Å². The summed E-state index contributed by atoms with van der Waals surface area (Å²) in [5.41, 5.74) is 5.41. The number of hydrogen-bond donors (Lipinski definition) is 0. The van der Waals surface area contributed by atoms with Gasteiger partial charge in [-0.3, -0.25) is 9.88 Å². The van der Waals surface area contributed by atoms with Crippen molar-refractivity contribution in [2.24, 2.45) is 0 Å². The van der Waals surface area contributed by atoms with Gasteiger partial charge in [-0.2, -0.15) is 0 Å². The van der Waals surface area contributed by atoms with Crippen LogP contribution in [0.25, 0.3) is 22.6 Å². The third kappa shape index (κ3) is 5.38. The molecule has 0 spiro atoms. The van der Waals surface area contributed by atoms with Gasteiger partial charge >= 0.3 is 0 Å². The normalized spacial score (nSPS) is 15.1. The van der Waals surface area contributed by atoms with E-state index in [-0.39, 0.29) is 0 Å². The van der Waals surface area contributed by atoms with Crippen LogP contribution in [0, 0.1) is 6.92 Å². The van der Waals surface area contributed by atoms with Crippen molar-refractivity contribution < 1.29 is 9.15 Å². The van der Waals surface area contributed by atoms with Crippen molar-refractivity contribution in [3.8, 4) is 22.6 Å². The zero-order valence-electron chi connectivity index (χ0n) is 19.0. The van der Waals surface area contributed by atoms with Crippen LogP contribution < -0.4 is 0 Å². The number of aromatic nitrogens is 2. The van der Waals surface area contributed by atoms with E-state index in [1.54, 1.807) is 0 Å². The van der Waals surface area contributed by atoms with Crippen molar-refractivity contribution in [3.05, 3.63) is 96.1 Å². The summed E-state index contributed by atoms with van der Waals surface area (Å²) in [6, 6.07) is 24.7. The molecule has 1 fully saturated rings. The third-order valence-corrected chi connectivity index (χ3v) is 6.23. The number of aryl methyl sites for hydroxylation is 1. The highest BCUT2D eigenvalue weighted by Crippen LogP contribution is 2.27. The Morgan fingerprint density at radius 3 is 2.30 bits per heavy atom. The van der Waals surface area contributed by atoms with Gasteiger partial charge in [0.25, 0.3) is 0 Å². The molecule has 5 heteroatoms. The first-order valence-electron chi connectivity index (χ1n) is 11.6. The second kappa shape index (κ2) is 10.1. The number of likely N-dealkylation sites (tertiary alicyclic amines) is 1. The fourth-order valence-electron chi connectivity index (χ4n) is 4.27. The Bertz CT molecular complexity index is 1150. The lowest BCUT2D eigenvalue weighted by molar-refractivity contribution is -0.00546. The monoisotopic (exact) mass is 439 g/mol. The fourth-order valence-corrected chi connectivity index (χ4v) is 4.27. The predicted molar refractivity (Wildman–Crippen MR) is 129 cm³/mol. The average Bonchev–Trinajstić information content (AvgIpc) is 3.25. The molecule has 33 heavy (non-hydrogen) atoms. The third-order valence-electron chi connectivity index (χ3n) is 6.23. The second-order valence-electron chi connectivity index (χ2n) is 8.57. The summed E-state index contributed by atoms with van der Waals surface area (Å²) in [7, 11) is 0. The van der Waals surface area contributed by atoms with E-state index in [1.165, 1.54) is 11.1 Å². The standard InChI is InChI=1S/C28H29N3O2/c1-21-27(19-31-17-14-26(15-18-31)32-20-25-9-5-6-16-29-25)30-28(33-21)24-12-10-23(11-13-24)22-7-3-2-4-8-22/h2-13,16,26H,14-15,17-20H2,1H3. The van der Waals surface area contributed by atoms with Crippen LogP contribution in [0.5, 0.6) is 0 Å². The summed E-state index contributed by atoms with van der Waals surface area (Å²) in [5.74, 6) is 1.58. The number of nitrogens with zero attached hydrogens (tertiary/aromatic N) is 3. The highest BCUT2D eigenvalue weighted by molar-refractivity contribution is 5.67. The molecule has 0 radical (unpaired) electrons. The summed E-state index contributed by atoms with van der Waals surface area (Å²) in [6.45, 7) is 5.40. The van der Waals surface area contributed by atoms with Gasteiger partial charge in [-0.05, 0) is 55.2 Å². The van der Waals surface area contributed by atoms with Crippen molar-refractivity contribution in [2.75, 3.05) is 13.1 Å². The minimum atomic E-state index is 0.292. The summed E-state index contributed by atoms with van der Waals surface area (Å²) >= 11 is 0. The van der Waals surface area contributed by atoms with Crippen LogP contribution >= 0.6 is 0 Å². The molecule has 5 nitrogen and oxygen atoms in total. The summed E-state index contributed by atoms with van der Waals surface area (Å²) < 4.78 is 12.1. The zero-order valence-corrected chi connectivity index (χ0v) is 19.0. The van der Waals surface area contributed by atoms with Crippen LogP contribution in [0.1, 0.15) is 30.0 Å². The van der Waals surface area contributed by atoms with Gasteiger partial charge in [0, 0.05) is 31.4 Å². The van der Waals surface area contributed by atoms with Crippen molar-refractivity contribution in [2.45, 2.75) is 39.0 Å².